The minimum absolute atomic E-state index is 0.247. The van der Waals surface area contributed by atoms with Gasteiger partial charge in [-0.05, 0) is 68.7 Å². The van der Waals surface area contributed by atoms with Crippen LogP contribution in [0.2, 0.25) is 0 Å². The van der Waals surface area contributed by atoms with Crippen LogP contribution < -0.4 is 0 Å². The molecule has 4 rings (SSSR count). The molecule has 1 unspecified atom stereocenters. The molecule has 3 heteroatoms. The van der Waals surface area contributed by atoms with Crippen molar-refractivity contribution < 1.29 is 4.79 Å². The second-order valence-corrected chi connectivity index (χ2v) is 8.70. The lowest BCUT2D eigenvalue weighted by Gasteiger charge is -2.37. The first-order chi connectivity index (χ1) is 12.1. The van der Waals surface area contributed by atoms with E-state index in [0.717, 1.165) is 38.8 Å². The van der Waals surface area contributed by atoms with Crippen molar-refractivity contribution >= 4 is 5.91 Å². The minimum Gasteiger partial charge on any atom is -0.332 e. The van der Waals surface area contributed by atoms with Crippen LogP contribution in [-0.2, 0) is 11.2 Å². The number of amides is 1. The zero-order chi connectivity index (χ0) is 17.4. The molecule has 0 radical (unpaired) electrons. The molecule has 1 saturated carbocycles. The quantitative estimate of drug-likeness (QED) is 0.808. The Morgan fingerprint density at radius 2 is 1.84 bits per heavy atom. The lowest BCUT2D eigenvalue weighted by atomic mass is 9.93. The van der Waals surface area contributed by atoms with Gasteiger partial charge in [-0.3, -0.25) is 4.79 Å². The number of aryl methyl sites for hydroxylation is 1. The van der Waals surface area contributed by atoms with Crippen LogP contribution >= 0.6 is 0 Å². The van der Waals surface area contributed by atoms with Crippen LogP contribution in [0.25, 0.3) is 0 Å². The normalized spacial score (nSPS) is 24.5. The van der Waals surface area contributed by atoms with Gasteiger partial charge in [0.2, 0.25) is 5.91 Å². The van der Waals surface area contributed by atoms with Gasteiger partial charge in [-0.1, -0.05) is 38.1 Å². The number of nitrogens with zero attached hydrogens (tertiary/aromatic N) is 2. The summed E-state index contributed by atoms with van der Waals surface area (Å²) in [5.41, 5.74) is 2.87. The molecule has 0 aromatic heterocycles. The maximum Gasteiger partial charge on any atom is 0.226 e. The fourth-order valence-corrected chi connectivity index (χ4v) is 4.85. The first-order valence-corrected chi connectivity index (χ1v) is 10.3. The van der Waals surface area contributed by atoms with Crippen molar-refractivity contribution in [3.05, 3.63) is 35.4 Å². The minimum atomic E-state index is 0.247. The number of fused-ring (bicyclic) bond motifs is 1. The number of carbonyl (C=O) groups excluding carboxylic acids is 1. The Balaban J connectivity index is 1.45. The first kappa shape index (κ1) is 17.1. The monoisotopic (exact) mass is 340 g/mol. The second-order valence-electron chi connectivity index (χ2n) is 8.70. The van der Waals surface area contributed by atoms with E-state index < -0.39 is 0 Å². The van der Waals surface area contributed by atoms with Crippen molar-refractivity contribution in [1.82, 2.24) is 9.80 Å². The predicted molar refractivity (Wildman–Crippen MR) is 101 cm³/mol. The molecule has 25 heavy (non-hydrogen) atoms. The Morgan fingerprint density at radius 1 is 1.12 bits per heavy atom. The van der Waals surface area contributed by atoms with Gasteiger partial charge < -0.3 is 9.80 Å². The fourth-order valence-electron chi connectivity index (χ4n) is 4.85. The van der Waals surface area contributed by atoms with Gasteiger partial charge in [0, 0.05) is 18.5 Å². The van der Waals surface area contributed by atoms with Gasteiger partial charge in [-0.2, -0.15) is 0 Å². The third-order valence-corrected chi connectivity index (χ3v) is 6.19. The molecule has 1 aromatic rings. The molecular weight excluding hydrogens is 308 g/mol. The topological polar surface area (TPSA) is 23.6 Å². The maximum absolute atomic E-state index is 13.4. The third kappa shape index (κ3) is 3.62. The smallest absolute Gasteiger partial charge is 0.226 e. The number of carbonyl (C=O) groups is 1. The van der Waals surface area contributed by atoms with E-state index in [1.165, 1.54) is 30.5 Å². The summed E-state index contributed by atoms with van der Waals surface area (Å²) in [4.78, 5) is 18.3. The van der Waals surface area contributed by atoms with Crippen molar-refractivity contribution in [3.63, 3.8) is 0 Å². The number of rotatable bonds is 5. The van der Waals surface area contributed by atoms with Crippen molar-refractivity contribution in [2.24, 2.45) is 11.8 Å². The van der Waals surface area contributed by atoms with Gasteiger partial charge in [0.15, 0.2) is 0 Å². The van der Waals surface area contributed by atoms with Crippen LogP contribution in [0.4, 0.5) is 0 Å². The number of piperidine rings is 1. The molecular formula is C22H32N2O. The fraction of sp³-hybridized carbons (Fsp3) is 0.682. The van der Waals surface area contributed by atoms with Crippen molar-refractivity contribution in [2.75, 3.05) is 19.6 Å². The molecule has 0 N–H and O–H groups in total. The molecule has 0 spiro atoms. The molecule has 3 aliphatic rings. The third-order valence-electron chi connectivity index (χ3n) is 6.19. The van der Waals surface area contributed by atoms with Crippen LogP contribution in [0, 0.1) is 11.8 Å². The van der Waals surface area contributed by atoms with E-state index in [4.69, 9.17) is 0 Å². The molecule has 2 fully saturated rings. The summed E-state index contributed by atoms with van der Waals surface area (Å²) in [7, 11) is 0. The van der Waals surface area contributed by atoms with Crippen LogP contribution in [0.1, 0.15) is 63.1 Å². The summed E-state index contributed by atoms with van der Waals surface area (Å²) in [5, 5.41) is 0. The highest BCUT2D eigenvalue weighted by Gasteiger charge is 2.42. The summed E-state index contributed by atoms with van der Waals surface area (Å²) < 4.78 is 0. The Bertz CT molecular complexity index is 614. The zero-order valence-corrected chi connectivity index (χ0v) is 15.8. The van der Waals surface area contributed by atoms with Crippen LogP contribution in [0.15, 0.2) is 24.3 Å². The maximum atomic E-state index is 13.4. The Kier molecular flexibility index (Phi) is 4.86. The average Bonchev–Trinajstić information content (AvgIpc) is 3.35. The number of benzene rings is 1. The largest absolute Gasteiger partial charge is 0.332 e. The molecule has 1 aliphatic heterocycles. The molecule has 1 heterocycles. The number of likely N-dealkylation sites (tertiary alicyclic amines) is 1. The van der Waals surface area contributed by atoms with E-state index in [2.05, 4.69) is 47.9 Å². The highest BCUT2D eigenvalue weighted by molar-refractivity contribution is 5.80. The highest BCUT2D eigenvalue weighted by Crippen LogP contribution is 2.43. The SMILES string of the molecule is CC(C)CN1CCC(C(=O)N(C2CC2)C2CCc3ccccc32)CC1. The second kappa shape index (κ2) is 7.11. The Hall–Kier alpha value is -1.35. The molecule has 1 atom stereocenters. The molecule has 1 aromatic carbocycles. The molecule has 1 amide bonds. The van der Waals surface area contributed by atoms with E-state index in [1.807, 2.05) is 0 Å². The van der Waals surface area contributed by atoms with Crippen molar-refractivity contribution in [3.8, 4) is 0 Å². The van der Waals surface area contributed by atoms with E-state index in [0.29, 0.717) is 23.9 Å². The van der Waals surface area contributed by atoms with Gasteiger partial charge in [0.1, 0.15) is 0 Å². The van der Waals surface area contributed by atoms with Crippen molar-refractivity contribution in [1.29, 1.82) is 0 Å². The summed E-state index contributed by atoms with van der Waals surface area (Å²) in [5.74, 6) is 1.41. The van der Waals surface area contributed by atoms with Gasteiger partial charge in [0.25, 0.3) is 0 Å². The summed E-state index contributed by atoms with van der Waals surface area (Å²) >= 11 is 0. The van der Waals surface area contributed by atoms with Crippen molar-refractivity contribution in [2.45, 2.75) is 64.5 Å². The van der Waals surface area contributed by atoms with E-state index in [9.17, 15) is 4.79 Å². The van der Waals surface area contributed by atoms with Crippen LogP contribution in [-0.4, -0.2) is 41.4 Å². The van der Waals surface area contributed by atoms with Gasteiger partial charge in [-0.15, -0.1) is 0 Å². The highest BCUT2D eigenvalue weighted by atomic mass is 16.2. The summed E-state index contributed by atoms with van der Waals surface area (Å²) in [6.07, 6.45) is 6.75. The Labute approximate surface area is 152 Å². The first-order valence-electron chi connectivity index (χ1n) is 10.3. The van der Waals surface area contributed by atoms with Crippen LogP contribution in [0.3, 0.4) is 0 Å². The van der Waals surface area contributed by atoms with E-state index >= 15 is 0 Å². The lowest BCUT2D eigenvalue weighted by Crippen LogP contribution is -2.45. The molecule has 136 valence electrons. The molecule has 0 bridgehead atoms. The molecule has 2 aliphatic carbocycles. The average molecular weight is 341 g/mol. The van der Waals surface area contributed by atoms with E-state index in [1.54, 1.807) is 0 Å². The summed E-state index contributed by atoms with van der Waals surface area (Å²) in [6.45, 7) is 7.92. The predicted octanol–water partition coefficient (Wildman–Crippen LogP) is 4.03. The Morgan fingerprint density at radius 3 is 2.52 bits per heavy atom. The van der Waals surface area contributed by atoms with Gasteiger partial charge in [-0.25, -0.2) is 0 Å². The summed E-state index contributed by atoms with van der Waals surface area (Å²) in [6, 6.07) is 9.62. The van der Waals surface area contributed by atoms with Gasteiger partial charge >= 0.3 is 0 Å². The van der Waals surface area contributed by atoms with Crippen LogP contribution in [0.5, 0.6) is 0 Å². The van der Waals surface area contributed by atoms with E-state index in [-0.39, 0.29) is 5.92 Å². The zero-order valence-electron chi connectivity index (χ0n) is 15.8. The standard InChI is InChI=1S/C22H32N2O/c1-16(2)15-23-13-11-18(12-14-23)22(25)24(19-8-9-19)21-10-7-17-5-3-4-6-20(17)21/h3-6,16,18-19,21H,7-15H2,1-2H3. The van der Waals surface area contributed by atoms with Gasteiger partial charge in [0.05, 0.1) is 6.04 Å². The molecule has 3 nitrogen and oxygen atoms in total. The number of hydrogen-bond donors (Lipinski definition) is 0. The lowest BCUT2D eigenvalue weighted by molar-refractivity contribution is -0.140. The molecule has 1 saturated heterocycles. The number of hydrogen-bond acceptors (Lipinski definition) is 2.